The highest BCUT2D eigenvalue weighted by Gasteiger charge is 2.36. The SMILES string of the molecule is CC1(C)COCC1Nc1nnc(-c2ccccc2O)c2ccncc12. The normalized spacial score (nSPS) is 19.2. The van der Waals surface area contributed by atoms with Crippen molar-refractivity contribution in [3.63, 3.8) is 0 Å². The first-order chi connectivity index (χ1) is 12.1. The maximum Gasteiger partial charge on any atom is 0.158 e. The van der Waals surface area contributed by atoms with E-state index in [4.69, 9.17) is 4.74 Å². The molecule has 0 bridgehead atoms. The topological polar surface area (TPSA) is 80.2 Å². The molecule has 1 aromatic carbocycles. The first-order valence-electron chi connectivity index (χ1n) is 8.29. The Morgan fingerprint density at radius 2 is 2.00 bits per heavy atom. The van der Waals surface area contributed by atoms with Gasteiger partial charge in [-0.25, -0.2) is 0 Å². The van der Waals surface area contributed by atoms with E-state index in [1.165, 1.54) is 0 Å². The van der Waals surface area contributed by atoms with Gasteiger partial charge in [-0.05, 0) is 18.2 Å². The third-order valence-electron chi connectivity index (χ3n) is 4.75. The van der Waals surface area contributed by atoms with E-state index >= 15 is 0 Å². The van der Waals surface area contributed by atoms with Crippen molar-refractivity contribution in [1.82, 2.24) is 15.2 Å². The third-order valence-corrected chi connectivity index (χ3v) is 4.75. The number of nitrogens with zero attached hydrogens (tertiary/aromatic N) is 3. The number of para-hydroxylation sites is 1. The van der Waals surface area contributed by atoms with Crippen molar-refractivity contribution in [2.24, 2.45) is 5.41 Å². The number of ether oxygens (including phenoxy) is 1. The molecule has 1 saturated heterocycles. The Morgan fingerprint density at radius 1 is 1.16 bits per heavy atom. The standard InChI is InChI=1S/C19H20N4O2/c1-19(2)11-25-10-16(19)21-18-14-9-20-8-7-12(14)17(22-23-18)13-5-3-4-6-15(13)24/h3-9,16,24H,10-11H2,1-2H3,(H,21,23). The predicted octanol–water partition coefficient (Wildman–Crippen LogP) is 3.23. The number of fused-ring (bicyclic) bond motifs is 1. The van der Waals surface area contributed by atoms with Gasteiger partial charge in [0.1, 0.15) is 11.4 Å². The fraction of sp³-hybridized carbons (Fsp3) is 0.316. The molecule has 6 heteroatoms. The second kappa shape index (κ2) is 5.97. The van der Waals surface area contributed by atoms with Crippen LogP contribution in [0.25, 0.3) is 22.0 Å². The summed E-state index contributed by atoms with van der Waals surface area (Å²) in [4.78, 5) is 4.24. The third kappa shape index (κ3) is 2.78. The molecular formula is C19H20N4O2. The van der Waals surface area contributed by atoms with Gasteiger partial charge in [0, 0.05) is 34.1 Å². The average molecular weight is 336 g/mol. The minimum atomic E-state index is 0.0204. The highest BCUT2D eigenvalue weighted by Crippen LogP contribution is 2.35. The van der Waals surface area contributed by atoms with Gasteiger partial charge in [0.25, 0.3) is 0 Å². The van der Waals surface area contributed by atoms with Gasteiger partial charge in [0.2, 0.25) is 0 Å². The minimum Gasteiger partial charge on any atom is -0.507 e. The highest BCUT2D eigenvalue weighted by molar-refractivity contribution is 6.00. The number of benzene rings is 1. The summed E-state index contributed by atoms with van der Waals surface area (Å²) in [5.41, 5.74) is 1.32. The number of nitrogens with one attached hydrogen (secondary N) is 1. The first-order valence-corrected chi connectivity index (χ1v) is 8.29. The number of phenols is 1. The van der Waals surface area contributed by atoms with E-state index < -0.39 is 0 Å². The van der Waals surface area contributed by atoms with E-state index in [0.29, 0.717) is 30.3 Å². The lowest BCUT2D eigenvalue weighted by Gasteiger charge is -2.26. The molecule has 0 saturated carbocycles. The lowest BCUT2D eigenvalue weighted by atomic mass is 9.88. The Kier molecular flexibility index (Phi) is 3.77. The summed E-state index contributed by atoms with van der Waals surface area (Å²) in [6.07, 6.45) is 3.50. The molecular weight excluding hydrogens is 316 g/mol. The molecule has 2 N–H and O–H groups in total. The van der Waals surface area contributed by atoms with Crippen LogP contribution >= 0.6 is 0 Å². The number of hydrogen-bond acceptors (Lipinski definition) is 6. The van der Waals surface area contributed by atoms with Gasteiger partial charge in [-0.3, -0.25) is 4.98 Å². The van der Waals surface area contributed by atoms with Crippen molar-refractivity contribution >= 4 is 16.6 Å². The van der Waals surface area contributed by atoms with E-state index in [0.717, 1.165) is 10.8 Å². The van der Waals surface area contributed by atoms with Crippen LogP contribution in [0, 0.1) is 5.41 Å². The van der Waals surface area contributed by atoms with Crippen molar-refractivity contribution in [2.75, 3.05) is 18.5 Å². The van der Waals surface area contributed by atoms with Crippen LogP contribution in [0.2, 0.25) is 0 Å². The van der Waals surface area contributed by atoms with Crippen LogP contribution in [-0.2, 0) is 4.74 Å². The molecule has 4 rings (SSSR count). The number of aromatic hydroxyl groups is 1. The average Bonchev–Trinajstić information content (AvgIpc) is 2.94. The Balaban J connectivity index is 1.81. The van der Waals surface area contributed by atoms with E-state index in [1.807, 2.05) is 18.2 Å². The maximum atomic E-state index is 10.2. The summed E-state index contributed by atoms with van der Waals surface area (Å²) in [6.45, 7) is 5.69. The van der Waals surface area contributed by atoms with Crippen LogP contribution in [0.5, 0.6) is 5.75 Å². The Bertz CT molecular complexity index is 926. The Labute approximate surface area is 145 Å². The number of pyridine rings is 1. The molecule has 2 aromatic heterocycles. The first kappa shape index (κ1) is 15.8. The molecule has 25 heavy (non-hydrogen) atoms. The molecule has 1 fully saturated rings. The summed E-state index contributed by atoms with van der Waals surface area (Å²) >= 11 is 0. The Morgan fingerprint density at radius 3 is 2.76 bits per heavy atom. The summed E-state index contributed by atoms with van der Waals surface area (Å²) in [7, 11) is 0. The predicted molar refractivity (Wildman–Crippen MR) is 96.4 cm³/mol. The second-order valence-corrected chi connectivity index (χ2v) is 7.04. The van der Waals surface area contributed by atoms with Crippen LogP contribution < -0.4 is 5.32 Å². The van der Waals surface area contributed by atoms with E-state index in [2.05, 4.69) is 34.3 Å². The van der Waals surface area contributed by atoms with Crippen LogP contribution in [0.4, 0.5) is 5.82 Å². The largest absolute Gasteiger partial charge is 0.507 e. The van der Waals surface area contributed by atoms with Gasteiger partial charge in [-0.15, -0.1) is 10.2 Å². The molecule has 128 valence electrons. The summed E-state index contributed by atoms with van der Waals surface area (Å²) in [6, 6.07) is 9.19. The lowest BCUT2D eigenvalue weighted by Crippen LogP contribution is -2.35. The molecule has 0 aliphatic carbocycles. The molecule has 1 aliphatic heterocycles. The quantitative estimate of drug-likeness (QED) is 0.764. The number of phenolic OH excluding ortho intramolecular Hbond substituents is 1. The van der Waals surface area contributed by atoms with Crippen molar-refractivity contribution in [2.45, 2.75) is 19.9 Å². The van der Waals surface area contributed by atoms with Gasteiger partial charge >= 0.3 is 0 Å². The second-order valence-electron chi connectivity index (χ2n) is 7.04. The van der Waals surface area contributed by atoms with Gasteiger partial charge in [0.05, 0.1) is 19.3 Å². The molecule has 1 atom stereocenters. The van der Waals surface area contributed by atoms with Crippen LogP contribution in [0.15, 0.2) is 42.7 Å². The van der Waals surface area contributed by atoms with Gasteiger partial charge in [-0.1, -0.05) is 26.0 Å². The molecule has 6 nitrogen and oxygen atoms in total. The number of rotatable bonds is 3. The van der Waals surface area contributed by atoms with Crippen molar-refractivity contribution < 1.29 is 9.84 Å². The van der Waals surface area contributed by atoms with Crippen LogP contribution in [0.3, 0.4) is 0 Å². The fourth-order valence-electron chi connectivity index (χ4n) is 3.14. The summed E-state index contributed by atoms with van der Waals surface area (Å²) in [5.74, 6) is 0.867. The van der Waals surface area contributed by atoms with Crippen molar-refractivity contribution in [3.05, 3.63) is 42.7 Å². The van der Waals surface area contributed by atoms with Crippen molar-refractivity contribution in [1.29, 1.82) is 0 Å². The Hall–Kier alpha value is -2.73. The molecule has 1 aliphatic rings. The minimum absolute atomic E-state index is 0.0204. The molecule has 0 spiro atoms. The number of hydrogen-bond donors (Lipinski definition) is 2. The zero-order chi connectivity index (χ0) is 17.4. The van der Waals surface area contributed by atoms with Gasteiger partial charge in [-0.2, -0.15) is 0 Å². The highest BCUT2D eigenvalue weighted by atomic mass is 16.5. The molecule has 3 heterocycles. The van der Waals surface area contributed by atoms with E-state index in [-0.39, 0.29) is 17.2 Å². The lowest BCUT2D eigenvalue weighted by molar-refractivity contribution is 0.167. The summed E-state index contributed by atoms with van der Waals surface area (Å²) < 4.78 is 5.61. The van der Waals surface area contributed by atoms with Crippen LogP contribution in [-0.4, -0.2) is 39.5 Å². The molecule has 0 radical (unpaired) electrons. The number of aromatic nitrogens is 3. The monoisotopic (exact) mass is 336 g/mol. The number of anilines is 1. The zero-order valence-corrected chi connectivity index (χ0v) is 14.2. The molecule has 1 unspecified atom stereocenters. The van der Waals surface area contributed by atoms with Crippen molar-refractivity contribution in [3.8, 4) is 17.0 Å². The maximum absolute atomic E-state index is 10.2. The molecule has 3 aromatic rings. The molecule has 0 amide bonds. The van der Waals surface area contributed by atoms with Crippen LogP contribution in [0.1, 0.15) is 13.8 Å². The summed E-state index contributed by atoms with van der Waals surface area (Å²) in [5, 5.41) is 24.2. The smallest absolute Gasteiger partial charge is 0.158 e. The van der Waals surface area contributed by atoms with Gasteiger partial charge in [0.15, 0.2) is 5.82 Å². The zero-order valence-electron chi connectivity index (χ0n) is 14.2. The van der Waals surface area contributed by atoms with E-state index in [1.54, 1.807) is 24.5 Å². The van der Waals surface area contributed by atoms with Gasteiger partial charge < -0.3 is 15.2 Å². The van der Waals surface area contributed by atoms with E-state index in [9.17, 15) is 5.11 Å². The fourth-order valence-corrected chi connectivity index (χ4v) is 3.14.